The first-order valence-corrected chi connectivity index (χ1v) is 5.84. The molecule has 1 aromatic carbocycles. The number of halogens is 5. The van der Waals surface area contributed by atoms with Gasteiger partial charge in [0, 0.05) is 12.1 Å². The molecular weight excluding hydrogens is 339 g/mol. The molecule has 0 bridgehead atoms. The van der Waals surface area contributed by atoms with Crippen LogP contribution in [-0.4, -0.2) is 12.2 Å². The standard InChI is InChI=1S/C13H3F5N4O2/c14-7-1-10-11(24-13(17,18)12(15,16)23-10)2-8(7)22-9(5-21)6(3-19)4-20/h1-2,22H. The second-order valence-corrected chi connectivity index (χ2v) is 4.23. The molecule has 0 aliphatic carbocycles. The summed E-state index contributed by atoms with van der Waals surface area (Å²) in [6.45, 7) is 0. The van der Waals surface area contributed by atoms with Gasteiger partial charge in [-0.15, -0.1) is 0 Å². The lowest BCUT2D eigenvalue weighted by Gasteiger charge is -2.32. The van der Waals surface area contributed by atoms with Crippen molar-refractivity contribution in [1.82, 2.24) is 0 Å². The predicted molar refractivity (Wildman–Crippen MR) is 65.0 cm³/mol. The molecule has 0 atom stereocenters. The molecule has 11 heteroatoms. The number of nitriles is 3. The zero-order chi connectivity index (χ0) is 18.1. The fourth-order valence-corrected chi connectivity index (χ4v) is 1.60. The minimum atomic E-state index is -5.01. The van der Waals surface area contributed by atoms with Crippen LogP contribution in [0.5, 0.6) is 11.5 Å². The minimum absolute atomic E-state index is 0.328. The van der Waals surface area contributed by atoms with E-state index in [9.17, 15) is 22.0 Å². The highest BCUT2D eigenvalue weighted by atomic mass is 19.3. The molecule has 0 radical (unpaired) electrons. The molecule has 1 aliphatic rings. The number of allylic oxidation sites excluding steroid dienone is 2. The van der Waals surface area contributed by atoms with Crippen molar-refractivity contribution in [2.75, 3.05) is 5.32 Å². The molecule has 0 aromatic heterocycles. The zero-order valence-corrected chi connectivity index (χ0v) is 11.2. The van der Waals surface area contributed by atoms with Crippen LogP contribution in [0.2, 0.25) is 0 Å². The summed E-state index contributed by atoms with van der Waals surface area (Å²) in [7, 11) is 0. The highest BCUT2D eigenvalue weighted by molar-refractivity contribution is 5.63. The number of rotatable bonds is 2. The van der Waals surface area contributed by atoms with E-state index in [0.717, 1.165) is 0 Å². The van der Waals surface area contributed by atoms with Gasteiger partial charge in [-0.05, 0) is 0 Å². The summed E-state index contributed by atoms with van der Waals surface area (Å²) in [6, 6.07) is 4.99. The van der Waals surface area contributed by atoms with Crippen molar-refractivity contribution in [3.8, 4) is 29.7 Å². The summed E-state index contributed by atoms with van der Waals surface area (Å²) in [5, 5.41) is 28.2. The molecule has 1 N–H and O–H groups in total. The summed E-state index contributed by atoms with van der Waals surface area (Å²) in [5.74, 6) is -3.19. The third-order valence-electron chi connectivity index (χ3n) is 2.69. The molecule has 122 valence electrons. The molecule has 0 unspecified atom stereocenters. The lowest BCUT2D eigenvalue weighted by Crippen LogP contribution is -2.52. The van der Waals surface area contributed by atoms with Crippen molar-refractivity contribution in [1.29, 1.82) is 15.8 Å². The average Bonchev–Trinajstić information content (AvgIpc) is 2.49. The highest BCUT2D eigenvalue weighted by Gasteiger charge is 2.66. The van der Waals surface area contributed by atoms with E-state index >= 15 is 0 Å². The first-order chi connectivity index (χ1) is 11.1. The third-order valence-corrected chi connectivity index (χ3v) is 2.69. The van der Waals surface area contributed by atoms with E-state index in [1.165, 1.54) is 18.2 Å². The Morgan fingerprint density at radius 2 is 1.42 bits per heavy atom. The number of fused-ring (bicyclic) bond motifs is 1. The molecule has 0 saturated heterocycles. The smallest absolute Gasteiger partial charge is 0.421 e. The molecule has 0 fully saturated rings. The van der Waals surface area contributed by atoms with Gasteiger partial charge in [-0.2, -0.15) is 33.3 Å². The number of alkyl halides is 4. The van der Waals surface area contributed by atoms with E-state index in [-0.39, 0.29) is 0 Å². The SMILES string of the molecule is N#CC(C#N)=C(C#N)Nc1cc2c(cc1F)OC(F)(F)C(F)(F)O2. The van der Waals surface area contributed by atoms with Gasteiger partial charge in [-0.1, -0.05) is 0 Å². The maximum atomic E-state index is 13.9. The van der Waals surface area contributed by atoms with Gasteiger partial charge in [-0.3, -0.25) is 0 Å². The molecule has 1 heterocycles. The second kappa shape index (κ2) is 5.60. The highest BCUT2D eigenvalue weighted by Crippen LogP contribution is 2.48. The number of hydrogen-bond donors (Lipinski definition) is 1. The number of ether oxygens (including phenoxy) is 2. The van der Waals surface area contributed by atoms with E-state index in [1.807, 2.05) is 5.32 Å². The van der Waals surface area contributed by atoms with Gasteiger partial charge >= 0.3 is 12.2 Å². The first kappa shape index (κ1) is 16.8. The Morgan fingerprint density at radius 1 is 0.917 bits per heavy atom. The summed E-state index contributed by atoms with van der Waals surface area (Å²) < 4.78 is 73.6. The number of nitrogens with one attached hydrogen (secondary N) is 1. The average molecular weight is 342 g/mol. The minimum Gasteiger partial charge on any atom is -0.421 e. The Bertz CT molecular complexity index is 845. The molecule has 0 spiro atoms. The van der Waals surface area contributed by atoms with E-state index in [1.54, 1.807) is 0 Å². The van der Waals surface area contributed by atoms with Crippen LogP contribution < -0.4 is 14.8 Å². The van der Waals surface area contributed by atoms with Crippen molar-refractivity contribution >= 4 is 5.69 Å². The molecule has 1 aromatic rings. The van der Waals surface area contributed by atoms with Crippen LogP contribution in [0.15, 0.2) is 23.4 Å². The summed E-state index contributed by atoms with van der Waals surface area (Å²) in [4.78, 5) is 0. The van der Waals surface area contributed by atoms with Crippen LogP contribution in [-0.2, 0) is 0 Å². The van der Waals surface area contributed by atoms with Crippen LogP contribution in [0, 0.1) is 39.8 Å². The Kier molecular flexibility index (Phi) is 3.93. The molecular formula is C13H3F5N4O2. The van der Waals surface area contributed by atoms with Crippen LogP contribution >= 0.6 is 0 Å². The van der Waals surface area contributed by atoms with Crippen molar-refractivity contribution in [3.63, 3.8) is 0 Å². The van der Waals surface area contributed by atoms with Crippen LogP contribution in [0.4, 0.5) is 27.6 Å². The number of benzene rings is 1. The largest absolute Gasteiger partial charge is 0.507 e. The van der Waals surface area contributed by atoms with Crippen molar-refractivity contribution in [2.45, 2.75) is 12.2 Å². The Labute approximate surface area is 130 Å². The van der Waals surface area contributed by atoms with Crippen LogP contribution in [0.1, 0.15) is 0 Å². The topological polar surface area (TPSA) is 102 Å². The number of anilines is 1. The molecule has 2 rings (SSSR count). The maximum absolute atomic E-state index is 13.9. The van der Waals surface area contributed by atoms with Crippen molar-refractivity contribution in [2.24, 2.45) is 0 Å². The van der Waals surface area contributed by atoms with Gasteiger partial charge in [0.05, 0.1) is 5.69 Å². The van der Waals surface area contributed by atoms with Crippen LogP contribution in [0.25, 0.3) is 0 Å². The van der Waals surface area contributed by atoms with E-state index in [2.05, 4.69) is 9.47 Å². The van der Waals surface area contributed by atoms with Gasteiger partial charge in [0.2, 0.25) is 0 Å². The van der Waals surface area contributed by atoms with Crippen molar-refractivity contribution in [3.05, 3.63) is 29.2 Å². The molecule has 24 heavy (non-hydrogen) atoms. The summed E-state index contributed by atoms with van der Waals surface area (Å²) in [6.07, 6.45) is -10.0. The van der Waals surface area contributed by atoms with Crippen LogP contribution in [0.3, 0.4) is 0 Å². The van der Waals surface area contributed by atoms with Gasteiger partial charge in [-0.25, -0.2) is 4.39 Å². The third kappa shape index (κ3) is 2.73. The van der Waals surface area contributed by atoms with Gasteiger partial charge in [0.25, 0.3) is 0 Å². The Morgan fingerprint density at radius 3 is 1.88 bits per heavy atom. The van der Waals surface area contributed by atoms with E-state index in [4.69, 9.17) is 15.8 Å². The van der Waals surface area contributed by atoms with E-state index < -0.39 is 46.5 Å². The fraction of sp³-hybridized carbons (Fsp3) is 0.154. The van der Waals surface area contributed by atoms with Gasteiger partial charge in [0.15, 0.2) is 22.9 Å². The Balaban J connectivity index is 2.48. The lowest BCUT2D eigenvalue weighted by molar-refractivity contribution is -0.391. The van der Waals surface area contributed by atoms with E-state index in [0.29, 0.717) is 12.1 Å². The second-order valence-electron chi connectivity index (χ2n) is 4.23. The number of nitrogens with zero attached hydrogens (tertiary/aromatic N) is 3. The quantitative estimate of drug-likeness (QED) is 0.655. The molecule has 0 amide bonds. The van der Waals surface area contributed by atoms with Gasteiger partial charge in [0.1, 0.15) is 23.9 Å². The Hall–Kier alpha value is -3.52. The summed E-state index contributed by atoms with van der Waals surface area (Å²) in [5.41, 5.74) is -2.05. The molecule has 6 nitrogen and oxygen atoms in total. The van der Waals surface area contributed by atoms with Crippen molar-refractivity contribution < 1.29 is 31.4 Å². The number of hydrogen-bond acceptors (Lipinski definition) is 6. The molecule has 1 aliphatic heterocycles. The maximum Gasteiger partial charge on any atom is 0.507 e. The normalized spacial score (nSPS) is 16.1. The van der Waals surface area contributed by atoms with Gasteiger partial charge < -0.3 is 14.8 Å². The molecule has 0 saturated carbocycles. The first-order valence-electron chi connectivity index (χ1n) is 5.84. The fourth-order valence-electron chi connectivity index (χ4n) is 1.60. The lowest BCUT2D eigenvalue weighted by atomic mass is 10.2. The predicted octanol–water partition coefficient (Wildman–Crippen LogP) is 3.02. The summed E-state index contributed by atoms with van der Waals surface area (Å²) >= 11 is 0. The zero-order valence-electron chi connectivity index (χ0n) is 11.2. The monoisotopic (exact) mass is 342 g/mol.